The van der Waals surface area contributed by atoms with Gasteiger partial charge in [-0.1, -0.05) is 29.8 Å². The molecule has 0 fully saturated rings. The summed E-state index contributed by atoms with van der Waals surface area (Å²) in [6, 6.07) is 11.9. The SMILES string of the molecule is Cn1ccc(=O)n([C@H]2c3ccc(Cl)cc3C=Cc3sc(Sc4ccccn4)nc32)c1=O. The van der Waals surface area contributed by atoms with Crippen LogP contribution in [0.5, 0.6) is 0 Å². The van der Waals surface area contributed by atoms with Gasteiger partial charge in [0.25, 0.3) is 5.56 Å². The molecule has 3 aromatic heterocycles. The maximum absolute atomic E-state index is 13.0. The summed E-state index contributed by atoms with van der Waals surface area (Å²) < 4.78 is 3.44. The fourth-order valence-corrected chi connectivity index (χ4v) is 5.70. The van der Waals surface area contributed by atoms with Crippen LogP contribution in [-0.2, 0) is 7.05 Å². The van der Waals surface area contributed by atoms with Crippen molar-refractivity contribution in [1.29, 1.82) is 0 Å². The van der Waals surface area contributed by atoms with E-state index in [4.69, 9.17) is 16.6 Å². The van der Waals surface area contributed by atoms with Gasteiger partial charge in [-0.3, -0.25) is 4.79 Å². The summed E-state index contributed by atoms with van der Waals surface area (Å²) in [5.74, 6) is 0. The summed E-state index contributed by atoms with van der Waals surface area (Å²) in [6.07, 6.45) is 7.12. The van der Waals surface area contributed by atoms with Crippen molar-refractivity contribution < 1.29 is 0 Å². The Morgan fingerprint density at radius 2 is 2.00 bits per heavy atom. The number of thiazole rings is 1. The Balaban J connectivity index is 1.74. The fraction of sp³-hybridized carbons (Fsp3) is 0.0909. The molecular weight excluding hydrogens is 452 g/mol. The molecule has 4 aromatic rings. The van der Waals surface area contributed by atoms with E-state index >= 15 is 0 Å². The molecule has 1 atom stereocenters. The number of benzene rings is 1. The topological polar surface area (TPSA) is 69.8 Å². The second-order valence-electron chi connectivity index (χ2n) is 6.93. The van der Waals surface area contributed by atoms with Gasteiger partial charge < -0.3 is 4.57 Å². The summed E-state index contributed by atoms with van der Waals surface area (Å²) in [6.45, 7) is 0. The molecule has 0 aliphatic heterocycles. The number of fused-ring (bicyclic) bond motifs is 2. The Morgan fingerprint density at radius 3 is 2.81 bits per heavy atom. The summed E-state index contributed by atoms with van der Waals surface area (Å²) in [7, 11) is 1.63. The molecule has 0 saturated carbocycles. The van der Waals surface area contributed by atoms with E-state index in [0.29, 0.717) is 10.7 Å². The minimum Gasteiger partial charge on any atom is -0.303 e. The molecule has 154 valence electrons. The van der Waals surface area contributed by atoms with Gasteiger partial charge >= 0.3 is 5.69 Å². The zero-order valence-electron chi connectivity index (χ0n) is 16.2. The number of halogens is 1. The molecule has 1 aromatic carbocycles. The average Bonchev–Trinajstić information content (AvgIpc) is 3.09. The minimum absolute atomic E-state index is 0.381. The van der Waals surface area contributed by atoms with Gasteiger partial charge in [-0.05, 0) is 53.2 Å². The molecule has 31 heavy (non-hydrogen) atoms. The van der Waals surface area contributed by atoms with Gasteiger partial charge in [-0.2, -0.15) is 0 Å². The van der Waals surface area contributed by atoms with Gasteiger partial charge in [0.2, 0.25) is 0 Å². The first kappa shape index (κ1) is 20.0. The molecule has 1 aliphatic carbocycles. The predicted octanol–water partition coefficient (Wildman–Crippen LogP) is 4.32. The maximum atomic E-state index is 13.0. The van der Waals surface area contributed by atoms with Crippen molar-refractivity contribution in [2.24, 2.45) is 7.05 Å². The Kier molecular flexibility index (Phi) is 5.13. The molecule has 5 rings (SSSR count). The Hall–Kier alpha value is -2.94. The van der Waals surface area contributed by atoms with Crippen molar-refractivity contribution in [3.8, 4) is 0 Å². The van der Waals surface area contributed by atoms with Crippen LogP contribution in [0.15, 0.2) is 73.8 Å². The molecule has 0 radical (unpaired) electrons. The van der Waals surface area contributed by atoms with Gasteiger partial charge in [0.1, 0.15) is 11.1 Å². The van der Waals surface area contributed by atoms with Crippen molar-refractivity contribution in [3.63, 3.8) is 0 Å². The maximum Gasteiger partial charge on any atom is 0.331 e. The van der Waals surface area contributed by atoms with Crippen molar-refractivity contribution in [3.05, 3.63) is 102 Å². The number of nitrogens with zero attached hydrogens (tertiary/aromatic N) is 4. The predicted molar refractivity (Wildman–Crippen MR) is 124 cm³/mol. The van der Waals surface area contributed by atoms with Crippen LogP contribution >= 0.6 is 34.7 Å². The van der Waals surface area contributed by atoms with E-state index in [0.717, 1.165) is 25.4 Å². The standard InChI is InChI=1S/C22H15ClN4O2S2/c1-26-11-9-18(28)27(22(26)29)20-15-7-6-14(23)12-13(15)5-8-16-19(20)25-21(30-16)31-17-4-2-3-10-24-17/h2-12,20H,1H3/t20-/m0/s1. The van der Waals surface area contributed by atoms with E-state index in [9.17, 15) is 9.59 Å². The highest BCUT2D eigenvalue weighted by atomic mass is 35.5. The summed E-state index contributed by atoms with van der Waals surface area (Å²) in [5.41, 5.74) is 1.52. The smallest absolute Gasteiger partial charge is 0.303 e. The molecule has 0 unspecified atom stereocenters. The highest BCUT2D eigenvalue weighted by Gasteiger charge is 2.30. The molecule has 0 saturated heterocycles. The number of rotatable bonds is 3. The van der Waals surface area contributed by atoms with Crippen molar-refractivity contribution in [1.82, 2.24) is 19.1 Å². The molecule has 0 spiro atoms. The van der Waals surface area contributed by atoms with E-state index in [1.54, 1.807) is 19.3 Å². The van der Waals surface area contributed by atoms with Gasteiger partial charge in [-0.25, -0.2) is 19.3 Å². The van der Waals surface area contributed by atoms with Crippen LogP contribution in [0, 0.1) is 0 Å². The average molecular weight is 467 g/mol. The summed E-state index contributed by atoms with van der Waals surface area (Å²) in [4.78, 5) is 36.0. The second-order valence-corrected chi connectivity index (χ2v) is 9.66. The summed E-state index contributed by atoms with van der Waals surface area (Å²) in [5, 5.41) is 1.41. The third kappa shape index (κ3) is 3.67. The first-order valence-corrected chi connectivity index (χ1v) is 11.4. The van der Waals surface area contributed by atoms with Gasteiger partial charge in [0, 0.05) is 30.5 Å². The van der Waals surface area contributed by atoms with Crippen LogP contribution in [0.4, 0.5) is 0 Å². The Morgan fingerprint density at radius 1 is 1.13 bits per heavy atom. The van der Waals surface area contributed by atoms with Crippen LogP contribution in [0.2, 0.25) is 5.02 Å². The van der Waals surface area contributed by atoms with E-state index in [2.05, 4.69) is 4.98 Å². The van der Waals surface area contributed by atoms with Crippen molar-refractivity contribution in [2.45, 2.75) is 15.4 Å². The van der Waals surface area contributed by atoms with E-state index < -0.39 is 11.7 Å². The third-order valence-corrected chi connectivity index (χ3v) is 7.23. The lowest BCUT2D eigenvalue weighted by atomic mass is 9.99. The first-order chi connectivity index (χ1) is 15.0. The highest BCUT2D eigenvalue weighted by molar-refractivity contribution is 8.01. The molecule has 0 amide bonds. The Labute approximate surface area is 190 Å². The second kappa shape index (κ2) is 7.96. The van der Waals surface area contributed by atoms with E-state index in [-0.39, 0.29) is 5.56 Å². The van der Waals surface area contributed by atoms with Crippen LogP contribution in [0.1, 0.15) is 27.7 Å². The van der Waals surface area contributed by atoms with Crippen LogP contribution in [-0.4, -0.2) is 19.1 Å². The number of hydrogen-bond donors (Lipinski definition) is 0. The fourth-order valence-electron chi connectivity index (χ4n) is 3.51. The monoisotopic (exact) mass is 466 g/mol. The van der Waals surface area contributed by atoms with Gasteiger partial charge in [0.05, 0.1) is 10.6 Å². The molecule has 1 aliphatic rings. The zero-order valence-corrected chi connectivity index (χ0v) is 18.6. The number of hydrogen-bond acceptors (Lipinski definition) is 6. The van der Waals surface area contributed by atoms with Crippen LogP contribution in [0.3, 0.4) is 0 Å². The first-order valence-electron chi connectivity index (χ1n) is 9.36. The zero-order chi connectivity index (χ0) is 21.5. The van der Waals surface area contributed by atoms with Crippen molar-refractivity contribution >= 4 is 46.9 Å². The quantitative estimate of drug-likeness (QED) is 0.396. The molecule has 0 bridgehead atoms. The molecule has 0 N–H and O–H groups in total. The third-order valence-electron chi connectivity index (χ3n) is 4.95. The Bertz CT molecular complexity index is 1440. The van der Waals surface area contributed by atoms with Gasteiger partial charge in [-0.15, -0.1) is 11.3 Å². The number of aryl methyl sites for hydroxylation is 1. The lowest BCUT2D eigenvalue weighted by molar-refractivity contribution is 0.563. The molecule has 3 heterocycles. The largest absolute Gasteiger partial charge is 0.331 e. The number of pyridine rings is 1. The lowest BCUT2D eigenvalue weighted by Crippen LogP contribution is -2.41. The molecule has 6 nitrogen and oxygen atoms in total. The van der Waals surface area contributed by atoms with Crippen molar-refractivity contribution in [2.75, 3.05) is 0 Å². The van der Waals surface area contributed by atoms with E-state index in [1.807, 2.05) is 42.5 Å². The molecular formula is C22H15ClN4O2S2. The van der Waals surface area contributed by atoms with Crippen LogP contribution < -0.4 is 11.2 Å². The van der Waals surface area contributed by atoms with Crippen LogP contribution in [0.25, 0.3) is 12.2 Å². The number of aromatic nitrogens is 4. The normalized spacial score (nSPS) is 14.7. The van der Waals surface area contributed by atoms with Gasteiger partial charge in [0.15, 0.2) is 4.34 Å². The van der Waals surface area contributed by atoms with E-state index in [1.165, 1.54) is 44.5 Å². The molecule has 9 heteroatoms. The minimum atomic E-state index is -0.668. The lowest BCUT2D eigenvalue weighted by Gasteiger charge is -2.20. The summed E-state index contributed by atoms with van der Waals surface area (Å²) >= 11 is 9.17. The highest BCUT2D eigenvalue weighted by Crippen LogP contribution is 2.41.